The van der Waals surface area contributed by atoms with Crippen molar-refractivity contribution in [1.82, 2.24) is 5.32 Å². The maximum Gasteiger partial charge on any atom is 0.162 e. The molecule has 0 saturated carbocycles. The van der Waals surface area contributed by atoms with E-state index in [1.807, 2.05) is 17.8 Å². The van der Waals surface area contributed by atoms with Crippen molar-refractivity contribution in [2.45, 2.75) is 31.1 Å². The molecule has 1 aromatic rings. The Balaban J connectivity index is 1.76. The van der Waals surface area contributed by atoms with E-state index in [4.69, 9.17) is 9.47 Å². The summed E-state index contributed by atoms with van der Waals surface area (Å²) in [5.74, 6) is 2.91. The molecule has 0 amide bonds. The van der Waals surface area contributed by atoms with E-state index in [0.29, 0.717) is 0 Å². The molecular formula is C15H23NO2S. The second-order valence-corrected chi connectivity index (χ2v) is 5.78. The topological polar surface area (TPSA) is 30.5 Å². The van der Waals surface area contributed by atoms with Crippen LogP contribution in [-0.2, 0) is 0 Å². The maximum atomic E-state index is 5.70. The van der Waals surface area contributed by atoms with Gasteiger partial charge in [0, 0.05) is 11.3 Å². The third-order valence-electron chi connectivity index (χ3n) is 2.91. The average molecular weight is 281 g/mol. The lowest BCUT2D eigenvalue weighted by Gasteiger charge is -2.09. The molecule has 0 fully saturated rings. The summed E-state index contributed by atoms with van der Waals surface area (Å²) in [4.78, 5) is 1.26. The molecule has 4 heteroatoms. The van der Waals surface area contributed by atoms with Crippen LogP contribution in [0.3, 0.4) is 0 Å². The highest BCUT2D eigenvalue weighted by molar-refractivity contribution is 7.99. The first-order valence-corrected chi connectivity index (χ1v) is 8.12. The van der Waals surface area contributed by atoms with Crippen LogP contribution in [0.2, 0.25) is 0 Å². The minimum Gasteiger partial charge on any atom is -0.490 e. The molecule has 0 saturated heterocycles. The summed E-state index contributed by atoms with van der Waals surface area (Å²) in [6.45, 7) is 5.92. The lowest BCUT2D eigenvalue weighted by atomic mass is 10.3. The Morgan fingerprint density at radius 2 is 2.00 bits per heavy atom. The average Bonchev–Trinajstić information content (AvgIpc) is 2.67. The minimum absolute atomic E-state index is 0.752. The summed E-state index contributed by atoms with van der Waals surface area (Å²) in [5, 5.41) is 3.42. The van der Waals surface area contributed by atoms with Crippen molar-refractivity contribution >= 4 is 11.8 Å². The normalized spacial score (nSPS) is 14.2. The van der Waals surface area contributed by atoms with Crippen LogP contribution in [-0.4, -0.2) is 32.1 Å². The fourth-order valence-corrected chi connectivity index (χ4v) is 2.80. The van der Waals surface area contributed by atoms with Gasteiger partial charge in [-0.15, -0.1) is 11.8 Å². The zero-order valence-corrected chi connectivity index (χ0v) is 12.4. The summed E-state index contributed by atoms with van der Waals surface area (Å²) >= 11 is 1.88. The van der Waals surface area contributed by atoms with Crippen molar-refractivity contribution in [2.75, 3.05) is 32.1 Å². The Bertz CT molecular complexity index is 384. The summed E-state index contributed by atoms with van der Waals surface area (Å²) < 4.78 is 11.3. The number of benzene rings is 1. The van der Waals surface area contributed by atoms with Gasteiger partial charge in [0.1, 0.15) is 0 Å². The second-order valence-electron chi connectivity index (χ2n) is 4.61. The van der Waals surface area contributed by atoms with Crippen molar-refractivity contribution < 1.29 is 9.47 Å². The van der Waals surface area contributed by atoms with Crippen LogP contribution in [0.4, 0.5) is 0 Å². The Hall–Kier alpha value is -0.870. The first-order chi connectivity index (χ1) is 9.40. The highest BCUT2D eigenvalue weighted by atomic mass is 32.2. The van der Waals surface area contributed by atoms with Crippen LogP contribution in [0.1, 0.15) is 26.2 Å². The monoisotopic (exact) mass is 281 g/mol. The van der Waals surface area contributed by atoms with E-state index in [1.165, 1.54) is 17.7 Å². The van der Waals surface area contributed by atoms with Crippen molar-refractivity contribution in [2.24, 2.45) is 0 Å². The molecule has 0 bridgehead atoms. The number of hydrogen-bond donors (Lipinski definition) is 1. The van der Waals surface area contributed by atoms with Gasteiger partial charge in [-0.1, -0.05) is 6.92 Å². The zero-order chi connectivity index (χ0) is 13.3. The molecule has 2 rings (SSSR count). The van der Waals surface area contributed by atoms with E-state index >= 15 is 0 Å². The lowest BCUT2D eigenvalue weighted by molar-refractivity contribution is 0.297. The van der Waals surface area contributed by atoms with Crippen molar-refractivity contribution in [1.29, 1.82) is 0 Å². The van der Waals surface area contributed by atoms with Crippen LogP contribution in [0.25, 0.3) is 0 Å². The highest BCUT2D eigenvalue weighted by Crippen LogP contribution is 2.33. The molecule has 1 heterocycles. The fourth-order valence-electron chi connectivity index (χ4n) is 1.92. The molecule has 19 heavy (non-hydrogen) atoms. The van der Waals surface area contributed by atoms with Crippen LogP contribution >= 0.6 is 11.8 Å². The molecule has 1 N–H and O–H groups in total. The van der Waals surface area contributed by atoms with E-state index in [2.05, 4.69) is 24.4 Å². The van der Waals surface area contributed by atoms with E-state index in [1.54, 1.807) is 0 Å². The standard InChI is InChI=1S/C15H23NO2S/c1-2-7-16-8-3-11-19-13-5-6-14-15(12-13)18-10-4-9-17-14/h5-6,12,16H,2-4,7-11H2,1H3. The largest absolute Gasteiger partial charge is 0.490 e. The van der Waals surface area contributed by atoms with Crippen LogP contribution < -0.4 is 14.8 Å². The van der Waals surface area contributed by atoms with Gasteiger partial charge in [0.15, 0.2) is 11.5 Å². The van der Waals surface area contributed by atoms with Crippen molar-refractivity contribution in [3.63, 3.8) is 0 Å². The maximum absolute atomic E-state index is 5.70. The van der Waals surface area contributed by atoms with Crippen LogP contribution in [0.5, 0.6) is 11.5 Å². The molecule has 3 nitrogen and oxygen atoms in total. The lowest BCUT2D eigenvalue weighted by Crippen LogP contribution is -2.16. The smallest absolute Gasteiger partial charge is 0.162 e. The highest BCUT2D eigenvalue weighted by Gasteiger charge is 2.10. The number of thioether (sulfide) groups is 1. The number of hydrogen-bond acceptors (Lipinski definition) is 4. The number of ether oxygens (including phenoxy) is 2. The first kappa shape index (κ1) is 14.5. The van der Waals surface area contributed by atoms with Gasteiger partial charge in [-0.25, -0.2) is 0 Å². The minimum atomic E-state index is 0.752. The number of nitrogens with one attached hydrogen (secondary N) is 1. The molecule has 1 aromatic carbocycles. The first-order valence-electron chi connectivity index (χ1n) is 7.13. The van der Waals surface area contributed by atoms with Gasteiger partial charge in [0.05, 0.1) is 13.2 Å². The Kier molecular flexibility index (Phi) is 6.37. The quantitative estimate of drug-likeness (QED) is 0.613. The Labute approximate surface area is 120 Å². The zero-order valence-electron chi connectivity index (χ0n) is 11.6. The predicted octanol–water partition coefficient (Wildman–Crippen LogP) is 3.33. The van der Waals surface area contributed by atoms with Crippen LogP contribution in [0.15, 0.2) is 23.1 Å². The third-order valence-corrected chi connectivity index (χ3v) is 3.99. The summed E-state index contributed by atoms with van der Waals surface area (Å²) in [7, 11) is 0. The van der Waals surface area contributed by atoms with Gasteiger partial charge in [0.25, 0.3) is 0 Å². The second kappa shape index (κ2) is 8.33. The van der Waals surface area contributed by atoms with E-state index < -0.39 is 0 Å². The SMILES string of the molecule is CCCNCCCSc1ccc2c(c1)OCCCO2. The Morgan fingerprint density at radius 1 is 1.16 bits per heavy atom. The molecule has 0 radical (unpaired) electrons. The van der Waals surface area contributed by atoms with Crippen molar-refractivity contribution in [3.8, 4) is 11.5 Å². The molecule has 1 aliphatic heterocycles. The fraction of sp³-hybridized carbons (Fsp3) is 0.600. The van der Waals surface area contributed by atoms with Gasteiger partial charge in [-0.05, 0) is 49.9 Å². The van der Waals surface area contributed by atoms with Crippen molar-refractivity contribution in [3.05, 3.63) is 18.2 Å². The summed E-state index contributed by atoms with van der Waals surface area (Å²) in [6, 6.07) is 6.25. The third kappa shape index (κ3) is 4.96. The molecule has 0 aliphatic carbocycles. The van der Waals surface area contributed by atoms with Crippen LogP contribution in [0, 0.1) is 0 Å². The van der Waals surface area contributed by atoms with E-state index in [9.17, 15) is 0 Å². The number of rotatable bonds is 7. The molecular weight excluding hydrogens is 258 g/mol. The molecule has 0 unspecified atom stereocenters. The van der Waals surface area contributed by atoms with Gasteiger partial charge < -0.3 is 14.8 Å². The molecule has 1 aliphatic rings. The van der Waals surface area contributed by atoms with Gasteiger partial charge in [-0.3, -0.25) is 0 Å². The number of fused-ring (bicyclic) bond motifs is 1. The summed E-state index contributed by atoms with van der Waals surface area (Å²) in [5.41, 5.74) is 0. The summed E-state index contributed by atoms with van der Waals surface area (Å²) in [6.07, 6.45) is 3.36. The predicted molar refractivity (Wildman–Crippen MR) is 80.6 cm³/mol. The Morgan fingerprint density at radius 3 is 2.84 bits per heavy atom. The van der Waals surface area contributed by atoms with Gasteiger partial charge in [-0.2, -0.15) is 0 Å². The van der Waals surface area contributed by atoms with E-state index in [-0.39, 0.29) is 0 Å². The molecule has 106 valence electrons. The molecule has 0 aromatic heterocycles. The van der Waals surface area contributed by atoms with Gasteiger partial charge in [0.2, 0.25) is 0 Å². The van der Waals surface area contributed by atoms with E-state index in [0.717, 1.165) is 50.0 Å². The molecule has 0 atom stereocenters. The van der Waals surface area contributed by atoms with Gasteiger partial charge >= 0.3 is 0 Å². The molecule has 0 spiro atoms.